The Morgan fingerprint density at radius 3 is 2.50 bits per heavy atom. The maximum Gasteiger partial charge on any atom is 0.407 e. The molecule has 1 rings (SSSR count). The number of aromatic nitrogens is 1. The fourth-order valence-corrected chi connectivity index (χ4v) is 2.26. The molecule has 8 heteroatoms. The van der Waals surface area contributed by atoms with Gasteiger partial charge >= 0.3 is 6.09 Å². The van der Waals surface area contributed by atoms with E-state index >= 15 is 0 Å². The lowest BCUT2D eigenvalue weighted by Crippen LogP contribution is -2.48. The molecular formula is C18H33N5O3. The van der Waals surface area contributed by atoms with E-state index in [4.69, 9.17) is 9.15 Å². The Labute approximate surface area is 156 Å². The number of nitrogens with zero attached hydrogens (tertiary/aromatic N) is 2. The topological polar surface area (TPSA) is 101 Å². The lowest BCUT2D eigenvalue weighted by Gasteiger charge is -2.24. The summed E-state index contributed by atoms with van der Waals surface area (Å²) in [5.41, 5.74) is 0.368. The molecule has 1 heterocycles. The molecule has 0 fully saturated rings. The molecule has 26 heavy (non-hydrogen) atoms. The number of aryl methyl sites for hydroxylation is 2. The lowest BCUT2D eigenvalue weighted by molar-refractivity contribution is 0.0502. The number of hydrogen-bond donors (Lipinski definition) is 3. The highest BCUT2D eigenvalue weighted by molar-refractivity contribution is 5.79. The van der Waals surface area contributed by atoms with E-state index in [1.165, 1.54) is 0 Å². The van der Waals surface area contributed by atoms with Crippen LogP contribution in [0.1, 0.15) is 57.9 Å². The summed E-state index contributed by atoms with van der Waals surface area (Å²) in [6, 6.07) is -0.0559. The number of guanidine groups is 1. The van der Waals surface area contributed by atoms with Crippen molar-refractivity contribution in [1.82, 2.24) is 20.9 Å². The summed E-state index contributed by atoms with van der Waals surface area (Å²) in [5, 5.41) is 9.27. The molecule has 0 aliphatic rings. The van der Waals surface area contributed by atoms with Gasteiger partial charge in [0.25, 0.3) is 0 Å². The Bertz CT molecular complexity index is 585. The molecule has 8 nitrogen and oxygen atoms in total. The predicted molar refractivity (Wildman–Crippen MR) is 102 cm³/mol. The van der Waals surface area contributed by atoms with Crippen LogP contribution in [0.3, 0.4) is 0 Å². The van der Waals surface area contributed by atoms with E-state index in [1.54, 1.807) is 7.05 Å². The molecular weight excluding hydrogens is 334 g/mol. The first-order chi connectivity index (χ1) is 12.1. The fourth-order valence-electron chi connectivity index (χ4n) is 2.26. The zero-order chi connectivity index (χ0) is 19.7. The number of amides is 1. The minimum Gasteiger partial charge on any atom is -0.444 e. The first kappa shape index (κ1) is 21.8. The fraction of sp³-hybridized carbons (Fsp3) is 0.722. The molecule has 1 unspecified atom stereocenters. The minimum absolute atomic E-state index is 0.0559. The van der Waals surface area contributed by atoms with Crippen molar-refractivity contribution in [2.24, 2.45) is 4.99 Å². The summed E-state index contributed by atoms with van der Waals surface area (Å²) in [5.74, 6) is 2.04. The van der Waals surface area contributed by atoms with Gasteiger partial charge in [-0.25, -0.2) is 9.78 Å². The van der Waals surface area contributed by atoms with Crippen molar-refractivity contribution >= 4 is 12.1 Å². The van der Waals surface area contributed by atoms with Gasteiger partial charge in [-0.05, 0) is 41.0 Å². The first-order valence-electron chi connectivity index (χ1n) is 9.01. The van der Waals surface area contributed by atoms with Gasteiger partial charge in [0.15, 0.2) is 5.96 Å². The van der Waals surface area contributed by atoms with Crippen LogP contribution in [0.25, 0.3) is 0 Å². The van der Waals surface area contributed by atoms with Crippen LogP contribution in [0.5, 0.6) is 0 Å². The third-order valence-electron chi connectivity index (χ3n) is 3.58. The number of rotatable bonds is 7. The van der Waals surface area contributed by atoms with Crippen LogP contribution in [0, 0.1) is 13.8 Å². The van der Waals surface area contributed by atoms with Gasteiger partial charge in [0, 0.05) is 19.6 Å². The highest BCUT2D eigenvalue weighted by Crippen LogP contribution is 2.08. The van der Waals surface area contributed by atoms with Gasteiger partial charge in [0.1, 0.15) is 11.4 Å². The minimum atomic E-state index is -0.516. The number of nitrogens with one attached hydrogen (secondary N) is 3. The molecule has 0 bridgehead atoms. The summed E-state index contributed by atoms with van der Waals surface area (Å²) in [7, 11) is 1.69. The quantitative estimate of drug-likeness (QED) is 0.506. The van der Waals surface area contributed by atoms with Crippen molar-refractivity contribution in [3.63, 3.8) is 0 Å². The van der Waals surface area contributed by atoms with Crippen molar-refractivity contribution < 1.29 is 13.9 Å². The molecule has 1 aromatic rings. The van der Waals surface area contributed by atoms with Crippen LogP contribution < -0.4 is 16.0 Å². The van der Waals surface area contributed by atoms with Crippen molar-refractivity contribution in [1.29, 1.82) is 0 Å². The molecule has 0 aliphatic carbocycles. The zero-order valence-corrected chi connectivity index (χ0v) is 17.0. The second-order valence-electron chi connectivity index (χ2n) is 7.19. The monoisotopic (exact) mass is 367 g/mol. The molecule has 0 saturated carbocycles. The number of alkyl carbamates (subject to hydrolysis) is 1. The average molecular weight is 367 g/mol. The molecule has 3 N–H and O–H groups in total. The van der Waals surface area contributed by atoms with Gasteiger partial charge in [0.2, 0.25) is 5.89 Å². The lowest BCUT2D eigenvalue weighted by atomic mass is 10.1. The molecule has 0 spiro atoms. The Morgan fingerprint density at radius 2 is 2.00 bits per heavy atom. The van der Waals surface area contributed by atoms with E-state index in [2.05, 4.69) is 32.9 Å². The summed E-state index contributed by atoms with van der Waals surface area (Å²) in [6.07, 6.45) is 1.37. The van der Waals surface area contributed by atoms with Crippen molar-refractivity contribution in [3.05, 3.63) is 17.3 Å². The third-order valence-corrected chi connectivity index (χ3v) is 3.58. The second kappa shape index (κ2) is 10.0. The van der Waals surface area contributed by atoms with Gasteiger partial charge < -0.3 is 25.1 Å². The van der Waals surface area contributed by atoms with E-state index < -0.39 is 11.7 Å². The van der Waals surface area contributed by atoms with E-state index in [9.17, 15) is 4.79 Å². The summed E-state index contributed by atoms with van der Waals surface area (Å²) in [6.45, 7) is 12.4. The standard InChI is InChI=1S/C18H33N5O3/c1-8-9-14(23-17(24)26-18(4,5)6)10-20-16(19-7)21-11-15-22-12(2)13(3)25-15/h14H,8-11H2,1-7H3,(H,23,24)(H2,19,20,21). The molecule has 1 amide bonds. The molecule has 0 radical (unpaired) electrons. The second-order valence-corrected chi connectivity index (χ2v) is 7.19. The van der Waals surface area contributed by atoms with Crippen LogP contribution in [0.2, 0.25) is 0 Å². The van der Waals surface area contributed by atoms with E-state index in [1.807, 2.05) is 34.6 Å². The highest BCUT2D eigenvalue weighted by Gasteiger charge is 2.19. The van der Waals surface area contributed by atoms with E-state index in [0.717, 1.165) is 24.3 Å². The van der Waals surface area contributed by atoms with Gasteiger partial charge in [-0.15, -0.1) is 0 Å². The third kappa shape index (κ3) is 8.22. The summed E-state index contributed by atoms with van der Waals surface area (Å²) >= 11 is 0. The van der Waals surface area contributed by atoms with E-state index in [0.29, 0.717) is 24.9 Å². The predicted octanol–water partition coefficient (Wildman–Crippen LogP) is 2.65. The zero-order valence-electron chi connectivity index (χ0n) is 17.0. The Balaban J connectivity index is 2.50. The molecule has 1 aromatic heterocycles. The van der Waals surface area contributed by atoms with Crippen LogP contribution in [0.15, 0.2) is 9.41 Å². The molecule has 0 aliphatic heterocycles. The van der Waals surface area contributed by atoms with Crippen LogP contribution in [-0.4, -0.2) is 42.3 Å². The number of ether oxygens (including phenoxy) is 1. The van der Waals surface area contributed by atoms with Crippen molar-refractivity contribution in [3.8, 4) is 0 Å². The van der Waals surface area contributed by atoms with Gasteiger partial charge in [0.05, 0.1) is 12.2 Å². The number of carbonyl (C=O) groups excluding carboxylic acids is 1. The number of carbonyl (C=O) groups is 1. The van der Waals surface area contributed by atoms with Crippen LogP contribution in [-0.2, 0) is 11.3 Å². The Kier molecular flexibility index (Phi) is 8.41. The molecule has 148 valence electrons. The highest BCUT2D eigenvalue weighted by atomic mass is 16.6. The maximum atomic E-state index is 12.0. The molecule has 1 atom stereocenters. The maximum absolute atomic E-state index is 12.0. The Morgan fingerprint density at radius 1 is 1.31 bits per heavy atom. The van der Waals surface area contributed by atoms with Crippen LogP contribution in [0.4, 0.5) is 4.79 Å². The molecule has 0 aromatic carbocycles. The normalized spacial score (nSPS) is 13.3. The number of hydrogen-bond acceptors (Lipinski definition) is 5. The van der Waals surface area contributed by atoms with Gasteiger partial charge in [-0.1, -0.05) is 13.3 Å². The summed E-state index contributed by atoms with van der Waals surface area (Å²) in [4.78, 5) is 20.5. The molecule has 0 saturated heterocycles. The summed E-state index contributed by atoms with van der Waals surface area (Å²) < 4.78 is 10.9. The average Bonchev–Trinajstić information content (AvgIpc) is 2.84. The van der Waals surface area contributed by atoms with Crippen molar-refractivity contribution in [2.75, 3.05) is 13.6 Å². The van der Waals surface area contributed by atoms with Crippen LogP contribution >= 0.6 is 0 Å². The SMILES string of the molecule is CCCC(CNC(=NC)NCc1nc(C)c(C)o1)NC(=O)OC(C)(C)C. The Hall–Kier alpha value is -2.25. The van der Waals surface area contributed by atoms with Gasteiger partial charge in [-0.2, -0.15) is 0 Å². The number of oxazole rings is 1. The smallest absolute Gasteiger partial charge is 0.407 e. The van der Waals surface area contributed by atoms with Crippen molar-refractivity contribution in [2.45, 2.75) is 72.6 Å². The van der Waals surface area contributed by atoms with E-state index in [-0.39, 0.29) is 6.04 Å². The first-order valence-corrected chi connectivity index (χ1v) is 9.01. The number of aliphatic imine (C=N–C) groups is 1. The van der Waals surface area contributed by atoms with Gasteiger partial charge in [-0.3, -0.25) is 4.99 Å². The largest absolute Gasteiger partial charge is 0.444 e.